The maximum atomic E-state index is 5.61. The van der Waals surface area contributed by atoms with E-state index in [1.54, 1.807) is 4.68 Å². The van der Waals surface area contributed by atoms with Gasteiger partial charge in [-0.15, -0.1) is 0 Å². The van der Waals surface area contributed by atoms with E-state index in [4.69, 9.17) is 18.0 Å². The Morgan fingerprint density at radius 2 is 2.21 bits per heavy atom. The van der Waals surface area contributed by atoms with Gasteiger partial charge in [0.2, 0.25) is 0 Å². The number of aryl methyl sites for hydroxylation is 2. The van der Waals surface area contributed by atoms with E-state index in [9.17, 15) is 0 Å². The number of halogens is 1. The third-order valence-electron chi connectivity index (χ3n) is 2.76. The van der Waals surface area contributed by atoms with Gasteiger partial charge in [-0.3, -0.25) is 4.68 Å². The minimum absolute atomic E-state index is 0.392. The standard InChI is InChI=1S/C13H15BrN4S/c1-3-10-12(7-18(2)17-10)16-11-5-4-8(13(15)19)6-9(11)14/h4-7,16H,3H2,1-2H3,(H2,15,19). The van der Waals surface area contributed by atoms with Crippen LogP contribution >= 0.6 is 28.1 Å². The van der Waals surface area contributed by atoms with E-state index in [0.717, 1.165) is 33.5 Å². The van der Waals surface area contributed by atoms with Gasteiger partial charge in [-0.1, -0.05) is 19.1 Å². The fraction of sp³-hybridized carbons (Fsp3) is 0.231. The molecule has 3 N–H and O–H groups in total. The molecule has 2 aromatic rings. The van der Waals surface area contributed by atoms with Gasteiger partial charge >= 0.3 is 0 Å². The zero-order valence-corrected chi connectivity index (χ0v) is 13.2. The molecule has 0 unspecified atom stereocenters. The van der Waals surface area contributed by atoms with Crippen molar-refractivity contribution in [1.29, 1.82) is 0 Å². The average molecular weight is 339 g/mol. The summed E-state index contributed by atoms with van der Waals surface area (Å²) in [5.41, 5.74) is 9.46. The molecule has 19 heavy (non-hydrogen) atoms. The molecule has 0 radical (unpaired) electrons. The molecule has 0 spiro atoms. The van der Waals surface area contributed by atoms with Crippen molar-refractivity contribution in [3.05, 3.63) is 40.1 Å². The molecule has 0 bridgehead atoms. The quantitative estimate of drug-likeness (QED) is 0.841. The Hall–Kier alpha value is -1.40. The van der Waals surface area contributed by atoms with E-state index in [0.29, 0.717) is 4.99 Å². The number of thiocarbonyl (C=S) groups is 1. The van der Waals surface area contributed by atoms with Gasteiger partial charge in [-0.2, -0.15) is 5.10 Å². The number of hydrogen-bond acceptors (Lipinski definition) is 3. The zero-order chi connectivity index (χ0) is 14.0. The van der Waals surface area contributed by atoms with Crippen LogP contribution in [0, 0.1) is 0 Å². The highest BCUT2D eigenvalue weighted by Crippen LogP contribution is 2.28. The lowest BCUT2D eigenvalue weighted by Crippen LogP contribution is -2.09. The Morgan fingerprint density at radius 1 is 1.47 bits per heavy atom. The fourth-order valence-corrected chi connectivity index (χ4v) is 2.42. The summed E-state index contributed by atoms with van der Waals surface area (Å²) < 4.78 is 2.72. The predicted molar refractivity (Wildman–Crippen MR) is 85.9 cm³/mol. The summed E-state index contributed by atoms with van der Waals surface area (Å²) in [6.45, 7) is 2.08. The van der Waals surface area contributed by atoms with Crippen molar-refractivity contribution in [2.75, 3.05) is 5.32 Å². The maximum Gasteiger partial charge on any atom is 0.104 e. The molecule has 4 nitrogen and oxygen atoms in total. The average Bonchev–Trinajstić information content (AvgIpc) is 2.71. The van der Waals surface area contributed by atoms with Gasteiger partial charge in [0, 0.05) is 23.3 Å². The van der Waals surface area contributed by atoms with Crippen molar-refractivity contribution in [3.8, 4) is 0 Å². The predicted octanol–water partition coefficient (Wildman–Crippen LogP) is 3.12. The largest absolute Gasteiger partial charge is 0.389 e. The number of nitrogens with one attached hydrogen (secondary N) is 1. The molecule has 2 rings (SSSR count). The minimum atomic E-state index is 0.392. The van der Waals surface area contributed by atoms with Gasteiger partial charge in [0.1, 0.15) is 4.99 Å². The summed E-state index contributed by atoms with van der Waals surface area (Å²) in [5.74, 6) is 0. The van der Waals surface area contributed by atoms with Gasteiger partial charge in [0.05, 0.1) is 17.1 Å². The van der Waals surface area contributed by atoms with Crippen molar-refractivity contribution in [3.63, 3.8) is 0 Å². The Morgan fingerprint density at radius 3 is 2.79 bits per heavy atom. The zero-order valence-electron chi connectivity index (χ0n) is 10.8. The summed E-state index contributed by atoms with van der Waals surface area (Å²) in [4.78, 5) is 0.392. The number of anilines is 2. The van der Waals surface area contributed by atoms with E-state index >= 15 is 0 Å². The van der Waals surface area contributed by atoms with Crippen LogP contribution in [0.2, 0.25) is 0 Å². The van der Waals surface area contributed by atoms with Crippen molar-refractivity contribution in [2.24, 2.45) is 12.8 Å². The van der Waals surface area contributed by atoms with Crippen LogP contribution in [0.3, 0.4) is 0 Å². The van der Waals surface area contributed by atoms with Gasteiger partial charge < -0.3 is 11.1 Å². The van der Waals surface area contributed by atoms with E-state index in [1.165, 1.54) is 0 Å². The second kappa shape index (κ2) is 5.71. The Labute approximate surface area is 126 Å². The topological polar surface area (TPSA) is 55.9 Å². The summed E-state index contributed by atoms with van der Waals surface area (Å²) in [6.07, 6.45) is 2.85. The number of aromatic nitrogens is 2. The fourth-order valence-electron chi connectivity index (χ4n) is 1.81. The summed E-state index contributed by atoms with van der Waals surface area (Å²) in [6, 6.07) is 5.76. The second-order valence-corrected chi connectivity index (χ2v) is 5.49. The third-order valence-corrected chi connectivity index (χ3v) is 3.65. The molecule has 0 fully saturated rings. The second-order valence-electron chi connectivity index (χ2n) is 4.20. The number of rotatable bonds is 4. The van der Waals surface area contributed by atoms with Gasteiger partial charge in [-0.05, 0) is 40.5 Å². The smallest absolute Gasteiger partial charge is 0.104 e. The molecule has 0 amide bonds. The molecule has 0 saturated carbocycles. The number of nitrogens with two attached hydrogens (primary N) is 1. The van der Waals surface area contributed by atoms with Crippen LogP contribution in [0.25, 0.3) is 0 Å². The normalized spacial score (nSPS) is 10.5. The molecule has 1 heterocycles. The van der Waals surface area contributed by atoms with Crippen LogP contribution < -0.4 is 11.1 Å². The van der Waals surface area contributed by atoms with E-state index in [-0.39, 0.29) is 0 Å². The monoisotopic (exact) mass is 338 g/mol. The van der Waals surface area contributed by atoms with E-state index in [2.05, 4.69) is 33.3 Å². The first-order chi connectivity index (χ1) is 9.01. The van der Waals surface area contributed by atoms with Crippen LogP contribution in [0.15, 0.2) is 28.9 Å². The molecule has 1 aromatic carbocycles. The van der Waals surface area contributed by atoms with Crippen LogP contribution in [0.5, 0.6) is 0 Å². The Bertz CT molecular complexity index is 621. The molecule has 1 aromatic heterocycles. The van der Waals surface area contributed by atoms with Gasteiger partial charge in [-0.25, -0.2) is 0 Å². The molecule has 0 saturated heterocycles. The molecule has 0 aliphatic heterocycles. The van der Waals surface area contributed by atoms with Crippen LogP contribution in [-0.2, 0) is 13.5 Å². The maximum absolute atomic E-state index is 5.61. The minimum Gasteiger partial charge on any atom is -0.389 e. The van der Waals surface area contributed by atoms with E-state index < -0.39 is 0 Å². The number of nitrogens with zero attached hydrogens (tertiary/aromatic N) is 2. The Kier molecular flexibility index (Phi) is 4.21. The van der Waals surface area contributed by atoms with E-state index in [1.807, 2.05) is 31.4 Å². The SMILES string of the molecule is CCc1nn(C)cc1Nc1ccc(C(N)=S)cc1Br. The lowest BCUT2D eigenvalue weighted by atomic mass is 10.2. The molecular formula is C13H15BrN4S. The summed E-state index contributed by atoms with van der Waals surface area (Å²) >= 11 is 8.48. The molecule has 100 valence electrons. The Balaban J connectivity index is 2.30. The first-order valence-corrected chi connectivity index (χ1v) is 7.10. The molecule has 0 aliphatic carbocycles. The first kappa shape index (κ1) is 14.0. The third kappa shape index (κ3) is 3.13. The lowest BCUT2D eigenvalue weighted by molar-refractivity contribution is 0.746. The van der Waals surface area contributed by atoms with Crippen molar-refractivity contribution in [2.45, 2.75) is 13.3 Å². The number of hydrogen-bond donors (Lipinski definition) is 2. The van der Waals surface area contributed by atoms with Crippen LogP contribution in [-0.4, -0.2) is 14.8 Å². The van der Waals surface area contributed by atoms with Crippen molar-refractivity contribution >= 4 is 44.5 Å². The van der Waals surface area contributed by atoms with Crippen molar-refractivity contribution < 1.29 is 0 Å². The van der Waals surface area contributed by atoms with Gasteiger partial charge in [0.25, 0.3) is 0 Å². The molecule has 0 aliphatic rings. The summed E-state index contributed by atoms with van der Waals surface area (Å²) in [5, 5.41) is 7.76. The molecular weight excluding hydrogens is 324 g/mol. The highest BCUT2D eigenvalue weighted by molar-refractivity contribution is 9.10. The van der Waals surface area contributed by atoms with Crippen LogP contribution in [0.1, 0.15) is 18.2 Å². The van der Waals surface area contributed by atoms with Gasteiger partial charge in [0.15, 0.2) is 0 Å². The molecule has 6 heteroatoms. The molecule has 0 atom stereocenters. The lowest BCUT2D eigenvalue weighted by Gasteiger charge is -2.09. The van der Waals surface area contributed by atoms with Crippen molar-refractivity contribution in [1.82, 2.24) is 9.78 Å². The van der Waals surface area contributed by atoms with Crippen LogP contribution in [0.4, 0.5) is 11.4 Å². The highest BCUT2D eigenvalue weighted by atomic mass is 79.9. The summed E-state index contributed by atoms with van der Waals surface area (Å²) in [7, 11) is 1.91. The first-order valence-electron chi connectivity index (χ1n) is 5.90. The highest BCUT2D eigenvalue weighted by Gasteiger charge is 2.09. The number of benzene rings is 1.